The van der Waals surface area contributed by atoms with Gasteiger partial charge in [-0.05, 0) is 27.6 Å². The van der Waals surface area contributed by atoms with E-state index in [1.165, 1.54) is 0 Å². The van der Waals surface area contributed by atoms with E-state index in [0.29, 0.717) is 42.9 Å². The highest BCUT2D eigenvalue weighted by atomic mass is 79.9. The molecule has 6 heteroatoms. The van der Waals surface area contributed by atoms with Gasteiger partial charge in [-0.25, -0.2) is 4.39 Å². The number of amides is 1. The molecular formula is C13H17BrFN3O. The number of rotatable bonds is 2. The summed E-state index contributed by atoms with van der Waals surface area (Å²) in [7, 11) is 0. The molecular weight excluding hydrogens is 313 g/mol. The molecule has 1 aromatic rings. The standard InChI is InChI=1S/C13H17BrFN3O/c1-9(19)17-4-6-18(7-5-17)11-3-2-10(8-16)12(14)13(11)15/h2-3H,4-8,16H2,1H3. The smallest absolute Gasteiger partial charge is 0.219 e. The molecule has 0 aromatic heterocycles. The van der Waals surface area contributed by atoms with E-state index in [4.69, 9.17) is 5.73 Å². The Balaban J connectivity index is 2.16. The molecule has 1 heterocycles. The fourth-order valence-electron chi connectivity index (χ4n) is 2.24. The Labute approximate surface area is 120 Å². The third kappa shape index (κ3) is 2.90. The van der Waals surface area contributed by atoms with Gasteiger partial charge in [0.1, 0.15) is 0 Å². The van der Waals surface area contributed by atoms with Crippen molar-refractivity contribution in [3.8, 4) is 0 Å². The molecule has 0 radical (unpaired) electrons. The number of carbonyl (C=O) groups excluding carboxylic acids is 1. The van der Waals surface area contributed by atoms with Gasteiger partial charge in [-0.15, -0.1) is 0 Å². The van der Waals surface area contributed by atoms with E-state index in [9.17, 15) is 9.18 Å². The Morgan fingerprint density at radius 1 is 1.37 bits per heavy atom. The van der Waals surface area contributed by atoms with Crippen molar-refractivity contribution >= 4 is 27.5 Å². The van der Waals surface area contributed by atoms with Crippen LogP contribution in [0.15, 0.2) is 16.6 Å². The molecule has 1 aliphatic rings. The molecule has 0 spiro atoms. The average Bonchev–Trinajstić information content (AvgIpc) is 2.42. The van der Waals surface area contributed by atoms with Crippen molar-refractivity contribution in [2.75, 3.05) is 31.1 Å². The predicted molar refractivity (Wildman–Crippen MR) is 76.5 cm³/mol. The zero-order chi connectivity index (χ0) is 14.0. The maximum Gasteiger partial charge on any atom is 0.219 e. The summed E-state index contributed by atoms with van der Waals surface area (Å²) in [5.41, 5.74) is 6.86. The number of benzene rings is 1. The van der Waals surface area contributed by atoms with Gasteiger partial charge in [-0.1, -0.05) is 6.07 Å². The van der Waals surface area contributed by atoms with Crippen molar-refractivity contribution < 1.29 is 9.18 Å². The average molecular weight is 330 g/mol. The Morgan fingerprint density at radius 2 is 2.00 bits per heavy atom. The summed E-state index contributed by atoms with van der Waals surface area (Å²) in [6.07, 6.45) is 0. The first-order valence-electron chi connectivity index (χ1n) is 6.22. The second kappa shape index (κ2) is 5.88. The largest absolute Gasteiger partial charge is 0.366 e. The number of hydrogen-bond donors (Lipinski definition) is 1. The van der Waals surface area contributed by atoms with Crippen LogP contribution in [0.2, 0.25) is 0 Å². The number of nitrogens with zero attached hydrogens (tertiary/aromatic N) is 2. The van der Waals surface area contributed by atoms with Crippen LogP contribution in [0.4, 0.5) is 10.1 Å². The lowest BCUT2D eigenvalue weighted by atomic mass is 10.1. The van der Waals surface area contributed by atoms with Crippen molar-refractivity contribution in [1.29, 1.82) is 0 Å². The SMILES string of the molecule is CC(=O)N1CCN(c2ccc(CN)c(Br)c2F)CC1. The zero-order valence-electron chi connectivity index (χ0n) is 10.8. The summed E-state index contributed by atoms with van der Waals surface area (Å²) in [4.78, 5) is 15.0. The lowest BCUT2D eigenvalue weighted by molar-refractivity contribution is -0.129. The fourth-order valence-corrected chi connectivity index (χ4v) is 2.74. The minimum absolute atomic E-state index is 0.0692. The molecule has 4 nitrogen and oxygen atoms in total. The van der Waals surface area contributed by atoms with Crippen LogP contribution in [-0.4, -0.2) is 37.0 Å². The van der Waals surface area contributed by atoms with Crippen LogP contribution in [-0.2, 0) is 11.3 Å². The molecule has 104 valence electrons. The molecule has 2 rings (SSSR count). The number of piperazine rings is 1. The molecule has 2 N–H and O–H groups in total. The van der Waals surface area contributed by atoms with Gasteiger partial charge in [0.25, 0.3) is 0 Å². The van der Waals surface area contributed by atoms with E-state index < -0.39 is 0 Å². The van der Waals surface area contributed by atoms with E-state index in [1.54, 1.807) is 17.9 Å². The van der Waals surface area contributed by atoms with Crippen molar-refractivity contribution in [2.45, 2.75) is 13.5 Å². The van der Waals surface area contributed by atoms with Gasteiger partial charge in [0, 0.05) is 39.6 Å². The number of carbonyl (C=O) groups is 1. The highest BCUT2D eigenvalue weighted by Gasteiger charge is 2.22. The third-order valence-corrected chi connectivity index (χ3v) is 4.28. The number of anilines is 1. The summed E-state index contributed by atoms with van der Waals surface area (Å²) in [6, 6.07) is 3.59. The topological polar surface area (TPSA) is 49.6 Å². The summed E-state index contributed by atoms with van der Waals surface area (Å²) in [5, 5.41) is 0. The first-order valence-corrected chi connectivity index (χ1v) is 7.01. The van der Waals surface area contributed by atoms with Crippen LogP contribution >= 0.6 is 15.9 Å². The summed E-state index contributed by atoms with van der Waals surface area (Å²) >= 11 is 3.25. The molecule has 0 atom stereocenters. The molecule has 0 bridgehead atoms. The van der Waals surface area contributed by atoms with Gasteiger partial charge in [0.15, 0.2) is 5.82 Å². The summed E-state index contributed by atoms with van der Waals surface area (Å²) in [6.45, 7) is 4.41. The number of hydrogen-bond acceptors (Lipinski definition) is 3. The van der Waals surface area contributed by atoms with Gasteiger partial charge in [0.2, 0.25) is 5.91 Å². The summed E-state index contributed by atoms with van der Waals surface area (Å²) in [5.74, 6) is -0.209. The molecule has 1 amide bonds. The molecule has 1 saturated heterocycles. The van der Waals surface area contributed by atoms with E-state index >= 15 is 0 Å². The first-order chi connectivity index (χ1) is 9.04. The van der Waals surface area contributed by atoms with Crippen LogP contribution in [0.3, 0.4) is 0 Å². The fraction of sp³-hybridized carbons (Fsp3) is 0.462. The van der Waals surface area contributed by atoms with Crippen molar-refractivity contribution in [2.24, 2.45) is 5.73 Å². The Kier molecular flexibility index (Phi) is 4.42. The minimum atomic E-state index is -0.278. The van der Waals surface area contributed by atoms with E-state index in [2.05, 4.69) is 15.9 Å². The quantitative estimate of drug-likeness (QED) is 0.898. The highest BCUT2D eigenvalue weighted by molar-refractivity contribution is 9.10. The zero-order valence-corrected chi connectivity index (χ0v) is 12.4. The molecule has 1 aliphatic heterocycles. The van der Waals surface area contributed by atoms with Crippen LogP contribution in [0.1, 0.15) is 12.5 Å². The van der Waals surface area contributed by atoms with Crippen molar-refractivity contribution in [3.63, 3.8) is 0 Å². The van der Waals surface area contributed by atoms with Crippen LogP contribution in [0, 0.1) is 5.82 Å². The van der Waals surface area contributed by atoms with Gasteiger partial charge >= 0.3 is 0 Å². The molecule has 0 saturated carbocycles. The van der Waals surface area contributed by atoms with Crippen LogP contribution in [0.5, 0.6) is 0 Å². The number of nitrogens with two attached hydrogens (primary N) is 1. The summed E-state index contributed by atoms with van der Waals surface area (Å²) < 4.78 is 14.7. The number of halogens is 2. The molecule has 1 fully saturated rings. The van der Waals surface area contributed by atoms with Crippen molar-refractivity contribution in [1.82, 2.24) is 4.90 Å². The van der Waals surface area contributed by atoms with Gasteiger partial charge in [-0.3, -0.25) is 4.79 Å². The van der Waals surface area contributed by atoms with Crippen LogP contribution in [0.25, 0.3) is 0 Å². The molecule has 0 unspecified atom stereocenters. The predicted octanol–water partition coefficient (Wildman–Crippen LogP) is 1.72. The van der Waals surface area contributed by atoms with E-state index in [0.717, 1.165) is 5.56 Å². The monoisotopic (exact) mass is 329 g/mol. The highest BCUT2D eigenvalue weighted by Crippen LogP contribution is 2.29. The Hall–Kier alpha value is -1.14. The van der Waals surface area contributed by atoms with Gasteiger partial charge in [0.05, 0.1) is 10.2 Å². The van der Waals surface area contributed by atoms with Crippen LogP contribution < -0.4 is 10.6 Å². The second-order valence-electron chi connectivity index (χ2n) is 4.57. The lowest BCUT2D eigenvalue weighted by Crippen LogP contribution is -2.48. The molecule has 19 heavy (non-hydrogen) atoms. The maximum atomic E-state index is 14.3. The Bertz CT molecular complexity index is 487. The van der Waals surface area contributed by atoms with Crippen molar-refractivity contribution in [3.05, 3.63) is 28.0 Å². The normalized spacial score (nSPS) is 15.8. The molecule has 1 aromatic carbocycles. The third-order valence-electron chi connectivity index (χ3n) is 3.43. The van der Waals surface area contributed by atoms with Gasteiger partial charge in [-0.2, -0.15) is 0 Å². The maximum absolute atomic E-state index is 14.3. The Morgan fingerprint density at radius 3 is 2.53 bits per heavy atom. The van der Waals surface area contributed by atoms with Gasteiger partial charge < -0.3 is 15.5 Å². The first kappa shape index (κ1) is 14.3. The second-order valence-corrected chi connectivity index (χ2v) is 5.36. The van der Waals surface area contributed by atoms with E-state index in [-0.39, 0.29) is 11.7 Å². The van der Waals surface area contributed by atoms with E-state index in [1.807, 2.05) is 11.0 Å². The molecule has 0 aliphatic carbocycles. The minimum Gasteiger partial charge on any atom is -0.366 e. The lowest BCUT2D eigenvalue weighted by Gasteiger charge is -2.36.